The molecule has 0 atom stereocenters. The first-order valence-electron chi connectivity index (χ1n) is 8.82. The Kier molecular flexibility index (Phi) is 8.19. The zero-order chi connectivity index (χ0) is 22.4. The zero-order valence-electron chi connectivity index (χ0n) is 16.0. The lowest BCUT2D eigenvalue weighted by atomic mass is 10.2. The van der Waals surface area contributed by atoms with E-state index < -0.39 is 11.8 Å². The Morgan fingerprint density at radius 2 is 2.06 bits per heavy atom. The highest BCUT2D eigenvalue weighted by Crippen LogP contribution is 2.38. The summed E-state index contributed by atoms with van der Waals surface area (Å²) in [5.74, 6) is -0.570. The van der Waals surface area contributed by atoms with E-state index in [1.807, 2.05) is 19.1 Å². The fraction of sp³-hybridized carbons (Fsp3) is 0.100. The van der Waals surface area contributed by atoms with E-state index in [1.165, 1.54) is 35.2 Å². The predicted octanol–water partition coefficient (Wildman–Crippen LogP) is 6.83. The van der Waals surface area contributed by atoms with Crippen molar-refractivity contribution in [2.45, 2.75) is 16.7 Å². The Morgan fingerprint density at radius 1 is 1.29 bits per heavy atom. The molecule has 31 heavy (non-hydrogen) atoms. The number of aromatic nitrogens is 3. The van der Waals surface area contributed by atoms with Gasteiger partial charge in [0, 0.05) is 27.6 Å². The van der Waals surface area contributed by atoms with Crippen LogP contribution in [-0.2, 0) is 0 Å². The van der Waals surface area contributed by atoms with Crippen molar-refractivity contribution < 1.29 is 14.3 Å². The molecule has 3 aromatic heterocycles. The van der Waals surface area contributed by atoms with Gasteiger partial charge in [-0.3, -0.25) is 0 Å². The second-order valence-corrected chi connectivity index (χ2v) is 9.30. The van der Waals surface area contributed by atoms with Crippen molar-refractivity contribution in [2.24, 2.45) is 0 Å². The van der Waals surface area contributed by atoms with Gasteiger partial charge in [0.05, 0.1) is 10.5 Å². The van der Waals surface area contributed by atoms with Crippen molar-refractivity contribution in [1.29, 1.82) is 0 Å². The number of carbonyl (C=O) groups is 1. The molecule has 11 heteroatoms. The van der Waals surface area contributed by atoms with Crippen molar-refractivity contribution in [3.8, 4) is 0 Å². The zero-order valence-corrected chi connectivity index (χ0v) is 19.9. The number of rotatable bonds is 5. The maximum Gasteiger partial charge on any atom is 0.336 e. The van der Waals surface area contributed by atoms with Gasteiger partial charge in [0.1, 0.15) is 22.0 Å². The van der Waals surface area contributed by atoms with E-state index in [2.05, 4.69) is 36.2 Å². The summed E-state index contributed by atoms with van der Waals surface area (Å²) >= 11 is 10.9. The van der Waals surface area contributed by atoms with Gasteiger partial charge in [-0.25, -0.2) is 24.1 Å². The van der Waals surface area contributed by atoms with Crippen LogP contribution < -0.4 is 5.32 Å². The van der Waals surface area contributed by atoms with Gasteiger partial charge in [-0.1, -0.05) is 30.0 Å². The van der Waals surface area contributed by atoms with Crippen LogP contribution in [0.4, 0.5) is 15.3 Å². The first-order valence-corrected chi connectivity index (χ1v) is 11.8. The number of hydrogen-bond acceptors (Lipinski definition) is 7. The molecule has 6 nitrogen and oxygen atoms in total. The minimum atomic E-state index is -1.20. The lowest BCUT2D eigenvalue weighted by Gasteiger charge is -2.11. The Hall–Kier alpha value is -2.27. The number of carboxylic acids is 1. The van der Waals surface area contributed by atoms with Gasteiger partial charge in [-0.05, 0) is 52.3 Å². The highest BCUT2D eigenvalue weighted by molar-refractivity contribution is 9.10. The minimum absolute atomic E-state index is 0.111. The van der Waals surface area contributed by atoms with Gasteiger partial charge in [0.2, 0.25) is 0 Å². The van der Waals surface area contributed by atoms with Gasteiger partial charge in [-0.15, -0.1) is 11.6 Å². The van der Waals surface area contributed by atoms with Crippen molar-refractivity contribution in [2.75, 3.05) is 11.2 Å². The number of pyridine rings is 2. The third-order valence-electron chi connectivity index (χ3n) is 3.60. The number of aromatic carboxylic acids is 1. The summed E-state index contributed by atoms with van der Waals surface area (Å²) in [6, 6.07) is 9.16. The molecule has 4 aromatic rings. The van der Waals surface area contributed by atoms with Gasteiger partial charge in [0.25, 0.3) is 0 Å². The van der Waals surface area contributed by atoms with E-state index in [-0.39, 0.29) is 5.56 Å². The molecule has 4 rings (SSSR count). The summed E-state index contributed by atoms with van der Waals surface area (Å²) in [4.78, 5) is 26.5. The fourth-order valence-electron chi connectivity index (χ4n) is 2.39. The summed E-state index contributed by atoms with van der Waals surface area (Å²) in [7, 11) is 0. The van der Waals surface area contributed by atoms with Crippen LogP contribution in [0, 0.1) is 5.82 Å². The number of nitrogens with one attached hydrogen (secondary N) is 1. The minimum Gasteiger partial charge on any atom is -0.478 e. The third kappa shape index (κ3) is 6.13. The first-order chi connectivity index (χ1) is 14.9. The van der Waals surface area contributed by atoms with E-state index >= 15 is 0 Å². The number of nitrogens with zero attached hydrogens (tertiary/aromatic N) is 3. The Balaban J connectivity index is 0.000000858. The standard InChI is InChI=1S/C18H10BrFN4O2S2.C2H5Cl/c19-9-6-14(27-13-4-3-10(20)7-11(13)17(25)26)15(22-8-9)24-18-23-12-2-1-5-21-16(12)28-18;1-2-3/h1-8H,(H,25,26)(H,22,23,24);2H2,1H3. The number of halogens is 3. The second kappa shape index (κ2) is 10.9. The molecule has 0 aliphatic heterocycles. The molecular formula is C20H15BrClFN4O2S2. The van der Waals surface area contributed by atoms with E-state index in [9.17, 15) is 14.3 Å². The summed E-state index contributed by atoms with van der Waals surface area (Å²) in [6.45, 7) is 1.89. The summed E-state index contributed by atoms with van der Waals surface area (Å²) in [5.41, 5.74) is 0.660. The molecule has 0 fully saturated rings. The summed E-state index contributed by atoms with van der Waals surface area (Å²) in [5, 5.41) is 13.1. The molecule has 0 spiro atoms. The number of fused-ring (bicyclic) bond motifs is 1. The van der Waals surface area contributed by atoms with Crippen LogP contribution in [0.3, 0.4) is 0 Å². The van der Waals surface area contributed by atoms with E-state index in [0.29, 0.717) is 20.7 Å². The maximum absolute atomic E-state index is 13.5. The topological polar surface area (TPSA) is 88.0 Å². The summed E-state index contributed by atoms with van der Waals surface area (Å²) < 4.78 is 14.2. The Morgan fingerprint density at radius 3 is 2.77 bits per heavy atom. The van der Waals surface area contributed by atoms with Crippen molar-refractivity contribution in [3.05, 3.63) is 64.6 Å². The largest absolute Gasteiger partial charge is 0.478 e. The second-order valence-electron chi connectivity index (χ2n) is 5.79. The number of benzene rings is 1. The smallest absolute Gasteiger partial charge is 0.336 e. The molecule has 0 radical (unpaired) electrons. The normalized spacial score (nSPS) is 10.5. The van der Waals surface area contributed by atoms with Gasteiger partial charge in [0.15, 0.2) is 5.13 Å². The third-order valence-corrected chi connectivity index (χ3v) is 6.04. The van der Waals surface area contributed by atoms with Gasteiger partial charge >= 0.3 is 5.97 Å². The van der Waals surface area contributed by atoms with Crippen LogP contribution in [0.1, 0.15) is 17.3 Å². The Bertz CT molecular complexity index is 1190. The number of anilines is 2. The van der Waals surface area contributed by atoms with E-state index in [4.69, 9.17) is 11.6 Å². The molecule has 1 aromatic carbocycles. The molecule has 160 valence electrons. The van der Waals surface area contributed by atoms with Gasteiger partial charge < -0.3 is 10.4 Å². The average Bonchev–Trinajstić information content (AvgIpc) is 3.14. The number of alkyl halides is 1. The lowest BCUT2D eigenvalue weighted by Crippen LogP contribution is -2.00. The molecule has 0 saturated heterocycles. The molecule has 0 bridgehead atoms. The highest BCUT2D eigenvalue weighted by Gasteiger charge is 2.16. The average molecular weight is 542 g/mol. The molecule has 0 aliphatic rings. The number of hydrogen-bond donors (Lipinski definition) is 2. The number of carboxylic acid groups (broad SMARTS) is 1. The first kappa shape index (κ1) is 23.4. The summed E-state index contributed by atoms with van der Waals surface area (Å²) in [6.07, 6.45) is 3.33. The monoisotopic (exact) mass is 540 g/mol. The lowest BCUT2D eigenvalue weighted by molar-refractivity contribution is 0.0692. The Labute approximate surface area is 199 Å². The van der Waals surface area contributed by atoms with Crippen molar-refractivity contribution >= 4 is 77.9 Å². The maximum atomic E-state index is 13.5. The van der Waals surface area contributed by atoms with Crippen LogP contribution >= 0.6 is 50.6 Å². The molecule has 0 unspecified atom stereocenters. The SMILES string of the molecule is CCCl.O=C(O)c1cc(F)ccc1Sc1cc(Br)cnc1Nc1nc2cccnc2s1. The van der Waals surface area contributed by atoms with Crippen LogP contribution in [-0.4, -0.2) is 31.9 Å². The molecule has 0 aliphatic carbocycles. The number of thiazole rings is 1. The van der Waals surface area contributed by atoms with Crippen LogP contribution in [0.25, 0.3) is 10.3 Å². The molecule has 2 N–H and O–H groups in total. The van der Waals surface area contributed by atoms with Gasteiger partial charge in [-0.2, -0.15) is 0 Å². The van der Waals surface area contributed by atoms with E-state index in [0.717, 1.165) is 26.8 Å². The van der Waals surface area contributed by atoms with Crippen LogP contribution in [0.15, 0.2) is 63.1 Å². The predicted molar refractivity (Wildman–Crippen MR) is 127 cm³/mol. The van der Waals surface area contributed by atoms with Crippen molar-refractivity contribution in [3.63, 3.8) is 0 Å². The highest BCUT2D eigenvalue weighted by atomic mass is 79.9. The molecular weight excluding hydrogens is 527 g/mol. The quantitative estimate of drug-likeness (QED) is 0.268. The van der Waals surface area contributed by atoms with E-state index in [1.54, 1.807) is 18.5 Å². The fourth-order valence-corrected chi connectivity index (χ4v) is 4.70. The molecule has 0 amide bonds. The van der Waals surface area contributed by atoms with Crippen molar-refractivity contribution in [1.82, 2.24) is 15.0 Å². The van der Waals surface area contributed by atoms with Crippen LogP contribution in [0.5, 0.6) is 0 Å². The van der Waals surface area contributed by atoms with Crippen LogP contribution in [0.2, 0.25) is 0 Å². The molecule has 0 saturated carbocycles. The molecule has 3 heterocycles.